The third kappa shape index (κ3) is 4.01. The maximum atomic E-state index is 13.7. The van der Waals surface area contributed by atoms with Crippen molar-refractivity contribution in [3.05, 3.63) is 47.3 Å². The number of nitrogens with one attached hydrogen (secondary N) is 2. The van der Waals surface area contributed by atoms with Crippen LogP contribution in [0.5, 0.6) is 11.5 Å². The lowest BCUT2D eigenvalue weighted by Crippen LogP contribution is -2.41. The third-order valence-electron chi connectivity index (χ3n) is 5.51. The summed E-state index contributed by atoms with van der Waals surface area (Å²) in [5, 5.41) is 15.4. The number of phenols is 1. The Morgan fingerprint density at radius 2 is 1.90 bits per heavy atom. The second-order valence-electron chi connectivity index (χ2n) is 7.55. The first-order chi connectivity index (χ1) is 14.2. The predicted octanol–water partition coefficient (Wildman–Crippen LogP) is 5.02. The summed E-state index contributed by atoms with van der Waals surface area (Å²) in [5.74, 6) is -1.47. The van der Waals surface area contributed by atoms with Crippen LogP contribution in [0.3, 0.4) is 0 Å². The molecule has 1 heterocycles. The van der Waals surface area contributed by atoms with E-state index in [-0.39, 0.29) is 29.5 Å². The molecule has 3 N–H and O–H groups in total. The van der Waals surface area contributed by atoms with Crippen LogP contribution >= 0.6 is 0 Å². The van der Waals surface area contributed by atoms with E-state index in [0.29, 0.717) is 5.69 Å². The number of phenolic OH excluding ortho intramolecular Hbond substituents is 1. The Morgan fingerprint density at radius 1 is 1.17 bits per heavy atom. The van der Waals surface area contributed by atoms with Gasteiger partial charge in [0.05, 0.1) is 23.5 Å². The van der Waals surface area contributed by atoms with Crippen LogP contribution in [-0.2, 0) is 11.0 Å². The summed E-state index contributed by atoms with van der Waals surface area (Å²) in [6.45, 7) is -0.0459. The number of anilines is 2. The number of alkyl halides is 3. The van der Waals surface area contributed by atoms with Gasteiger partial charge in [-0.05, 0) is 42.5 Å². The largest absolute Gasteiger partial charge is 0.508 e. The molecule has 30 heavy (non-hydrogen) atoms. The quantitative estimate of drug-likeness (QED) is 0.606. The summed E-state index contributed by atoms with van der Waals surface area (Å²) >= 11 is 0. The average molecular weight is 424 g/mol. The van der Waals surface area contributed by atoms with Crippen LogP contribution in [0.15, 0.2) is 30.3 Å². The fourth-order valence-corrected chi connectivity index (χ4v) is 4.01. The van der Waals surface area contributed by atoms with Gasteiger partial charge in [-0.25, -0.2) is 4.39 Å². The van der Waals surface area contributed by atoms with E-state index in [9.17, 15) is 27.5 Å². The standard InChI is InChI=1S/C21H20F4N2O3/c22-12-5-6-18-16(7-12)26-10-19(30-18)20(29)27-15-9-17(28)13(11-3-1-2-4-11)8-14(15)21(23,24)25/h5-9,11,19,26,28H,1-4,10H2,(H,27,29)/t19-/m0/s1. The number of hydrogen-bond acceptors (Lipinski definition) is 4. The van der Waals surface area contributed by atoms with Crippen LogP contribution in [-0.4, -0.2) is 23.7 Å². The Kier molecular flexibility index (Phi) is 5.21. The van der Waals surface area contributed by atoms with Crippen molar-refractivity contribution < 1.29 is 32.2 Å². The lowest BCUT2D eigenvalue weighted by molar-refractivity contribution is -0.137. The van der Waals surface area contributed by atoms with Gasteiger partial charge in [0.25, 0.3) is 5.91 Å². The number of carbonyl (C=O) groups excluding carboxylic acids is 1. The number of amides is 1. The zero-order valence-corrected chi connectivity index (χ0v) is 15.9. The molecule has 2 aromatic carbocycles. The number of ether oxygens (including phenoxy) is 1. The SMILES string of the molecule is O=C(Nc1cc(O)c(C2CCCC2)cc1C(F)(F)F)[C@@H]1CNc2cc(F)ccc2O1. The molecule has 1 atom stereocenters. The Balaban J connectivity index is 1.58. The van der Waals surface area contributed by atoms with Gasteiger partial charge in [-0.3, -0.25) is 4.79 Å². The minimum atomic E-state index is -4.71. The highest BCUT2D eigenvalue weighted by Crippen LogP contribution is 2.44. The molecule has 1 saturated carbocycles. The molecule has 1 amide bonds. The monoisotopic (exact) mass is 424 g/mol. The van der Waals surface area contributed by atoms with Crippen LogP contribution in [0, 0.1) is 5.82 Å². The van der Waals surface area contributed by atoms with Crippen molar-refractivity contribution in [1.29, 1.82) is 0 Å². The predicted molar refractivity (Wildman–Crippen MR) is 102 cm³/mol. The number of benzene rings is 2. The molecule has 1 aliphatic carbocycles. The Bertz CT molecular complexity index is 971. The fourth-order valence-electron chi connectivity index (χ4n) is 4.01. The molecule has 0 spiro atoms. The number of carbonyl (C=O) groups is 1. The van der Waals surface area contributed by atoms with Gasteiger partial charge in [-0.2, -0.15) is 13.2 Å². The summed E-state index contributed by atoms with van der Waals surface area (Å²) in [6, 6.07) is 5.57. The summed E-state index contributed by atoms with van der Waals surface area (Å²) in [4.78, 5) is 12.6. The molecule has 0 unspecified atom stereocenters. The smallest absolute Gasteiger partial charge is 0.418 e. The Morgan fingerprint density at radius 3 is 2.60 bits per heavy atom. The number of aromatic hydroxyl groups is 1. The van der Waals surface area contributed by atoms with E-state index in [1.165, 1.54) is 12.1 Å². The van der Waals surface area contributed by atoms with Crippen LogP contribution < -0.4 is 15.4 Å². The lowest BCUT2D eigenvalue weighted by Gasteiger charge is -2.27. The zero-order valence-electron chi connectivity index (χ0n) is 15.9. The second-order valence-corrected chi connectivity index (χ2v) is 7.55. The Labute approximate surface area is 170 Å². The molecule has 1 aliphatic heterocycles. The number of halogens is 4. The van der Waals surface area contributed by atoms with Crippen molar-refractivity contribution in [3.8, 4) is 11.5 Å². The van der Waals surface area contributed by atoms with E-state index in [1.807, 2.05) is 0 Å². The van der Waals surface area contributed by atoms with E-state index in [2.05, 4.69) is 10.6 Å². The van der Waals surface area contributed by atoms with E-state index in [4.69, 9.17) is 4.74 Å². The first-order valence-corrected chi connectivity index (χ1v) is 9.67. The van der Waals surface area contributed by atoms with Gasteiger partial charge < -0.3 is 20.5 Å². The van der Waals surface area contributed by atoms with Crippen molar-refractivity contribution in [2.24, 2.45) is 0 Å². The van der Waals surface area contributed by atoms with Crippen LogP contribution in [0.1, 0.15) is 42.7 Å². The summed E-state index contributed by atoms with van der Waals surface area (Å²) in [7, 11) is 0. The molecule has 2 aromatic rings. The molecular weight excluding hydrogens is 404 g/mol. The summed E-state index contributed by atoms with van der Waals surface area (Å²) in [5.41, 5.74) is -0.931. The van der Waals surface area contributed by atoms with Crippen molar-refractivity contribution in [1.82, 2.24) is 0 Å². The van der Waals surface area contributed by atoms with Gasteiger partial charge >= 0.3 is 6.18 Å². The van der Waals surface area contributed by atoms with Crippen LogP contribution in [0.4, 0.5) is 28.9 Å². The first kappa shape index (κ1) is 20.3. The molecular formula is C21H20F4N2O3. The van der Waals surface area contributed by atoms with Crippen molar-refractivity contribution in [2.75, 3.05) is 17.2 Å². The Hall–Kier alpha value is -2.97. The molecule has 5 nitrogen and oxygen atoms in total. The van der Waals surface area contributed by atoms with Crippen molar-refractivity contribution in [3.63, 3.8) is 0 Å². The fraction of sp³-hybridized carbons (Fsp3) is 0.381. The van der Waals surface area contributed by atoms with Gasteiger partial charge in [0, 0.05) is 12.1 Å². The first-order valence-electron chi connectivity index (χ1n) is 9.67. The number of hydrogen-bond donors (Lipinski definition) is 3. The van der Waals surface area contributed by atoms with Gasteiger partial charge in [-0.15, -0.1) is 0 Å². The lowest BCUT2D eigenvalue weighted by atomic mass is 9.94. The van der Waals surface area contributed by atoms with Gasteiger partial charge in [0.1, 0.15) is 17.3 Å². The molecule has 1 fully saturated rings. The third-order valence-corrected chi connectivity index (χ3v) is 5.51. The summed E-state index contributed by atoms with van der Waals surface area (Å²) in [6.07, 6.45) is -2.58. The van der Waals surface area contributed by atoms with E-state index in [0.717, 1.165) is 43.9 Å². The topological polar surface area (TPSA) is 70.6 Å². The number of rotatable bonds is 3. The van der Waals surface area contributed by atoms with Crippen LogP contribution in [0.25, 0.3) is 0 Å². The van der Waals surface area contributed by atoms with Crippen molar-refractivity contribution >= 4 is 17.3 Å². The van der Waals surface area contributed by atoms with E-state index in [1.54, 1.807) is 0 Å². The minimum absolute atomic E-state index is 0.0459. The summed E-state index contributed by atoms with van der Waals surface area (Å²) < 4.78 is 59.8. The van der Waals surface area contributed by atoms with Crippen molar-refractivity contribution in [2.45, 2.75) is 43.9 Å². The highest BCUT2D eigenvalue weighted by Gasteiger charge is 2.37. The highest BCUT2D eigenvalue weighted by atomic mass is 19.4. The zero-order chi connectivity index (χ0) is 21.5. The molecule has 2 aliphatic rings. The highest BCUT2D eigenvalue weighted by molar-refractivity contribution is 5.96. The maximum absolute atomic E-state index is 13.7. The second kappa shape index (κ2) is 7.70. The molecule has 0 radical (unpaired) electrons. The molecule has 0 saturated heterocycles. The molecule has 160 valence electrons. The van der Waals surface area contributed by atoms with Crippen LogP contribution in [0.2, 0.25) is 0 Å². The molecule has 0 aromatic heterocycles. The molecule has 4 rings (SSSR count). The molecule has 0 bridgehead atoms. The van der Waals surface area contributed by atoms with E-state index >= 15 is 0 Å². The normalized spacial score (nSPS) is 19.0. The number of fused-ring (bicyclic) bond motifs is 1. The van der Waals surface area contributed by atoms with Gasteiger partial charge in [0.2, 0.25) is 0 Å². The maximum Gasteiger partial charge on any atom is 0.418 e. The van der Waals surface area contributed by atoms with Gasteiger partial charge in [0.15, 0.2) is 6.10 Å². The molecule has 9 heteroatoms. The van der Waals surface area contributed by atoms with E-state index < -0.39 is 35.3 Å². The average Bonchev–Trinajstić information content (AvgIpc) is 3.21. The van der Waals surface area contributed by atoms with Gasteiger partial charge in [-0.1, -0.05) is 12.8 Å². The minimum Gasteiger partial charge on any atom is -0.508 e.